The van der Waals surface area contributed by atoms with Gasteiger partial charge in [-0.15, -0.1) is 0 Å². The van der Waals surface area contributed by atoms with Crippen LogP contribution in [0.25, 0.3) is 0 Å². The topological polar surface area (TPSA) is 0 Å². The third kappa shape index (κ3) is 1.17. The highest BCUT2D eigenvalue weighted by molar-refractivity contribution is 5.15. The molecular weight excluding hydrogens is 108 g/mol. The Kier molecular flexibility index (Phi) is 1.33. The summed E-state index contributed by atoms with van der Waals surface area (Å²) < 4.78 is 0. The highest BCUT2D eigenvalue weighted by atomic mass is 14.3. The fourth-order valence-corrected chi connectivity index (χ4v) is 1.90. The number of allylic oxidation sites excluding steroid dienone is 2. The highest BCUT2D eigenvalue weighted by Crippen LogP contribution is 2.36. The van der Waals surface area contributed by atoms with Crippen LogP contribution >= 0.6 is 0 Å². The van der Waals surface area contributed by atoms with Gasteiger partial charge in [0.2, 0.25) is 0 Å². The maximum absolute atomic E-state index is 2.36. The average molecular weight is 122 g/mol. The van der Waals surface area contributed by atoms with Crippen molar-refractivity contribution in [2.24, 2.45) is 11.8 Å². The molecule has 0 aliphatic heterocycles. The SMILES string of the molecule is C1=CC1C1CCCCC1. The molecule has 1 saturated carbocycles. The normalized spacial score (nSPS) is 28.9. The van der Waals surface area contributed by atoms with Crippen molar-refractivity contribution < 1.29 is 0 Å². The van der Waals surface area contributed by atoms with Gasteiger partial charge in [0.15, 0.2) is 0 Å². The van der Waals surface area contributed by atoms with Crippen LogP contribution in [0.1, 0.15) is 32.1 Å². The van der Waals surface area contributed by atoms with Crippen molar-refractivity contribution in [2.75, 3.05) is 0 Å². The fourth-order valence-electron chi connectivity index (χ4n) is 1.90. The second kappa shape index (κ2) is 2.17. The predicted molar refractivity (Wildman–Crippen MR) is 39.2 cm³/mol. The Morgan fingerprint density at radius 2 is 1.56 bits per heavy atom. The minimum absolute atomic E-state index is 0.935. The van der Waals surface area contributed by atoms with Crippen LogP contribution in [-0.2, 0) is 0 Å². The molecule has 0 amide bonds. The van der Waals surface area contributed by atoms with Crippen molar-refractivity contribution >= 4 is 0 Å². The second-order valence-electron chi connectivity index (χ2n) is 3.36. The molecule has 0 saturated heterocycles. The smallest absolute Gasteiger partial charge is 0.00248 e. The van der Waals surface area contributed by atoms with Crippen molar-refractivity contribution in [3.8, 4) is 0 Å². The third-order valence-electron chi connectivity index (χ3n) is 2.61. The van der Waals surface area contributed by atoms with Crippen LogP contribution in [0.2, 0.25) is 0 Å². The van der Waals surface area contributed by atoms with Gasteiger partial charge in [-0.05, 0) is 24.7 Å². The van der Waals surface area contributed by atoms with E-state index in [1.807, 2.05) is 0 Å². The first-order valence-corrected chi connectivity index (χ1v) is 4.15. The van der Waals surface area contributed by atoms with Crippen molar-refractivity contribution in [2.45, 2.75) is 32.1 Å². The molecule has 0 aromatic carbocycles. The predicted octanol–water partition coefficient (Wildman–Crippen LogP) is 2.75. The molecule has 0 aromatic rings. The highest BCUT2D eigenvalue weighted by Gasteiger charge is 2.24. The van der Waals surface area contributed by atoms with Gasteiger partial charge in [-0.1, -0.05) is 31.4 Å². The van der Waals surface area contributed by atoms with Crippen molar-refractivity contribution in [3.63, 3.8) is 0 Å². The van der Waals surface area contributed by atoms with Crippen LogP contribution in [0.3, 0.4) is 0 Å². The zero-order chi connectivity index (χ0) is 6.10. The zero-order valence-corrected chi connectivity index (χ0v) is 5.84. The lowest BCUT2D eigenvalue weighted by molar-refractivity contribution is 0.337. The lowest BCUT2D eigenvalue weighted by atomic mass is 9.85. The summed E-state index contributed by atoms with van der Waals surface area (Å²) in [5.41, 5.74) is 0. The van der Waals surface area contributed by atoms with Gasteiger partial charge in [0.1, 0.15) is 0 Å². The molecule has 0 N–H and O–H groups in total. The molecule has 0 unspecified atom stereocenters. The summed E-state index contributed by atoms with van der Waals surface area (Å²) in [6.07, 6.45) is 12.2. The monoisotopic (exact) mass is 122 g/mol. The minimum Gasteiger partial charge on any atom is -0.0807 e. The van der Waals surface area contributed by atoms with Crippen LogP contribution in [0.5, 0.6) is 0 Å². The summed E-state index contributed by atoms with van der Waals surface area (Å²) in [6.45, 7) is 0. The number of hydrogen-bond donors (Lipinski definition) is 0. The number of rotatable bonds is 1. The molecule has 9 heavy (non-hydrogen) atoms. The molecule has 0 bridgehead atoms. The van der Waals surface area contributed by atoms with Gasteiger partial charge < -0.3 is 0 Å². The van der Waals surface area contributed by atoms with E-state index in [4.69, 9.17) is 0 Å². The summed E-state index contributed by atoms with van der Waals surface area (Å²) in [6, 6.07) is 0. The van der Waals surface area contributed by atoms with Crippen molar-refractivity contribution in [1.82, 2.24) is 0 Å². The van der Waals surface area contributed by atoms with Crippen LogP contribution in [0.4, 0.5) is 0 Å². The lowest BCUT2D eigenvalue weighted by Gasteiger charge is -2.20. The molecule has 2 aliphatic carbocycles. The Bertz CT molecular complexity index is 112. The van der Waals surface area contributed by atoms with Crippen molar-refractivity contribution in [1.29, 1.82) is 0 Å². The van der Waals surface area contributed by atoms with Crippen LogP contribution in [0, 0.1) is 11.8 Å². The quantitative estimate of drug-likeness (QED) is 0.469. The van der Waals surface area contributed by atoms with E-state index in [2.05, 4.69) is 12.2 Å². The summed E-state index contributed by atoms with van der Waals surface area (Å²) in [7, 11) is 0. The fraction of sp³-hybridized carbons (Fsp3) is 0.778. The molecule has 2 aliphatic rings. The molecule has 0 heteroatoms. The third-order valence-corrected chi connectivity index (χ3v) is 2.61. The van der Waals surface area contributed by atoms with E-state index >= 15 is 0 Å². The Morgan fingerprint density at radius 3 is 2.11 bits per heavy atom. The molecule has 0 spiro atoms. The van der Waals surface area contributed by atoms with Gasteiger partial charge in [0.05, 0.1) is 0 Å². The van der Waals surface area contributed by atoms with Crippen molar-refractivity contribution in [3.05, 3.63) is 12.2 Å². The molecular formula is C9H14. The van der Waals surface area contributed by atoms with Gasteiger partial charge in [-0.25, -0.2) is 0 Å². The largest absolute Gasteiger partial charge is 0.0807 e. The maximum Gasteiger partial charge on any atom is -0.00248 e. The van der Waals surface area contributed by atoms with Crippen LogP contribution < -0.4 is 0 Å². The van der Waals surface area contributed by atoms with Gasteiger partial charge in [0.25, 0.3) is 0 Å². The van der Waals surface area contributed by atoms with Gasteiger partial charge in [-0.3, -0.25) is 0 Å². The van der Waals surface area contributed by atoms with E-state index in [-0.39, 0.29) is 0 Å². The first-order valence-electron chi connectivity index (χ1n) is 4.15. The zero-order valence-electron chi connectivity index (χ0n) is 5.84. The molecule has 0 nitrogen and oxygen atoms in total. The molecule has 1 fully saturated rings. The molecule has 0 heterocycles. The van der Waals surface area contributed by atoms with E-state index in [0.717, 1.165) is 11.8 Å². The molecule has 0 atom stereocenters. The molecule has 2 rings (SSSR count). The van der Waals surface area contributed by atoms with Gasteiger partial charge in [-0.2, -0.15) is 0 Å². The van der Waals surface area contributed by atoms with Gasteiger partial charge in [0, 0.05) is 0 Å². The standard InChI is InChI=1S/C9H14/c1-2-4-8(5-3-1)9-6-7-9/h6-9H,1-5H2. The van der Waals surface area contributed by atoms with Crippen LogP contribution in [0.15, 0.2) is 12.2 Å². The minimum atomic E-state index is 0.935. The second-order valence-corrected chi connectivity index (χ2v) is 3.36. The number of hydrogen-bond acceptors (Lipinski definition) is 0. The summed E-state index contributed by atoms with van der Waals surface area (Å²) in [5.74, 6) is 1.99. The maximum atomic E-state index is 2.36. The van der Waals surface area contributed by atoms with E-state index in [1.165, 1.54) is 32.1 Å². The first kappa shape index (κ1) is 5.52. The Labute approximate surface area is 57.0 Å². The summed E-state index contributed by atoms with van der Waals surface area (Å²) in [4.78, 5) is 0. The molecule has 0 aromatic heterocycles. The van der Waals surface area contributed by atoms with E-state index in [1.54, 1.807) is 0 Å². The summed E-state index contributed by atoms with van der Waals surface area (Å²) in [5, 5.41) is 0. The van der Waals surface area contributed by atoms with E-state index in [9.17, 15) is 0 Å². The average Bonchev–Trinajstić information content (AvgIpc) is 2.71. The Balaban J connectivity index is 1.81. The lowest BCUT2D eigenvalue weighted by Crippen LogP contribution is -2.08. The van der Waals surface area contributed by atoms with Gasteiger partial charge >= 0.3 is 0 Å². The van der Waals surface area contributed by atoms with E-state index in [0.29, 0.717) is 0 Å². The Hall–Kier alpha value is -0.260. The Morgan fingerprint density at radius 1 is 0.889 bits per heavy atom. The molecule has 0 radical (unpaired) electrons. The first-order chi connectivity index (χ1) is 4.47. The molecule has 50 valence electrons. The van der Waals surface area contributed by atoms with Crippen LogP contribution in [-0.4, -0.2) is 0 Å². The van der Waals surface area contributed by atoms with E-state index < -0.39 is 0 Å². The summed E-state index contributed by atoms with van der Waals surface area (Å²) >= 11 is 0.